The lowest BCUT2D eigenvalue weighted by atomic mass is 10.1. The Morgan fingerprint density at radius 2 is 2.11 bits per heavy atom. The minimum atomic E-state index is -0.454. The van der Waals surface area contributed by atoms with Crippen molar-refractivity contribution in [2.24, 2.45) is 0 Å². The molecule has 0 fully saturated rings. The Morgan fingerprint density at radius 1 is 1.39 bits per heavy atom. The van der Waals surface area contributed by atoms with Gasteiger partial charge in [-0.15, -0.1) is 0 Å². The second kappa shape index (κ2) is 5.37. The standard InChI is InChI=1S/C12H11ClN2O2S/c1-17-11(16)10-9(14-12(18)15-10)6-7-4-2-3-5-8(7)13/h2-5H,6H2,1H3,(H2,14,15,18). The summed E-state index contributed by atoms with van der Waals surface area (Å²) in [6.07, 6.45) is 0.483. The highest BCUT2D eigenvalue weighted by molar-refractivity contribution is 7.71. The van der Waals surface area contributed by atoms with Gasteiger partial charge in [0.25, 0.3) is 0 Å². The molecule has 1 aromatic heterocycles. The SMILES string of the molecule is COC(=O)c1[nH]c(=S)[nH]c1Cc1ccccc1Cl. The predicted molar refractivity (Wildman–Crippen MR) is 71.6 cm³/mol. The molecule has 0 aliphatic carbocycles. The van der Waals surface area contributed by atoms with Gasteiger partial charge in [-0.3, -0.25) is 0 Å². The third-order valence-corrected chi connectivity index (χ3v) is 3.09. The van der Waals surface area contributed by atoms with Gasteiger partial charge in [-0.25, -0.2) is 4.79 Å². The first-order chi connectivity index (χ1) is 8.61. The number of imidazole rings is 1. The number of carbonyl (C=O) groups is 1. The van der Waals surface area contributed by atoms with Gasteiger partial charge < -0.3 is 14.7 Å². The minimum Gasteiger partial charge on any atom is -0.464 e. The first kappa shape index (κ1) is 12.9. The molecule has 4 nitrogen and oxygen atoms in total. The average Bonchev–Trinajstić information content (AvgIpc) is 2.72. The number of aromatic nitrogens is 2. The summed E-state index contributed by atoms with van der Waals surface area (Å²) in [6, 6.07) is 7.44. The number of H-pyrrole nitrogens is 2. The van der Waals surface area contributed by atoms with Crippen LogP contribution in [0.2, 0.25) is 5.02 Å². The number of aromatic amines is 2. The second-order valence-corrected chi connectivity index (χ2v) is 4.51. The zero-order valence-electron chi connectivity index (χ0n) is 9.62. The molecular formula is C12H11ClN2O2S. The van der Waals surface area contributed by atoms with Crippen molar-refractivity contribution >= 4 is 29.8 Å². The summed E-state index contributed by atoms with van der Waals surface area (Å²) in [5.74, 6) is -0.454. The number of hydrogen-bond donors (Lipinski definition) is 2. The van der Waals surface area contributed by atoms with Crippen LogP contribution in [0.3, 0.4) is 0 Å². The Hall–Kier alpha value is -1.59. The van der Waals surface area contributed by atoms with Gasteiger partial charge in [-0.2, -0.15) is 0 Å². The van der Waals surface area contributed by atoms with Crippen LogP contribution in [0.5, 0.6) is 0 Å². The highest BCUT2D eigenvalue weighted by atomic mass is 35.5. The highest BCUT2D eigenvalue weighted by Crippen LogP contribution is 2.19. The molecule has 0 amide bonds. The molecule has 0 aliphatic rings. The molecule has 18 heavy (non-hydrogen) atoms. The maximum Gasteiger partial charge on any atom is 0.356 e. The van der Waals surface area contributed by atoms with Gasteiger partial charge in [-0.05, 0) is 23.8 Å². The summed E-state index contributed by atoms with van der Waals surface area (Å²) in [5, 5.41) is 0.647. The van der Waals surface area contributed by atoms with E-state index >= 15 is 0 Å². The lowest BCUT2D eigenvalue weighted by molar-refractivity contribution is 0.0593. The first-order valence-corrected chi connectivity index (χ1v) is 6.03. The van der Waals surface area contributed by atoms with Crippen molar-refractivity contribution in [1.82, 2.24) is 9.97 Å². The predicted octanol–water partition coefficient (Wildman–Crippen LogP) is 3.10. The summed E-state index contributed by atoms with van der Waals surface area (Å²) in [5.41, 5.74) is 1.91. The third kappa shape index (κ3) is 2.63. The molecule has 0 saturated carbocycles. The molecule has 1 aromatic carbocycles. The van der Waals surface area contributed by atoms with Gasteiger partial charge in [0.05, 0.1) is 12.8 Å². The van der Waals surface area contributed by atoms with Crippen molar-refractivity contribution in [2.45, 2.75) is 6.42 Å². The molecule has 0 bridgehead atoms. The van der Waals surface area contributed by atoms with E-state index in [1.165, 1.54) is 7.11 Å². The Kier molecular flexibility index (Phi) is 3.84. The van der Waals surface area contributed by atoms with E-state index in [4.69, 9.17) is 23.8 Å². The van der Waals surface area contributed by atoms with Gasteiger partial charge in [0.15, 0.2) is 4.77 Å². The average molecular weight is 283 g/mol. The van der Waals surface area contributed by atoms with Gasteiger partial charge >= 0.3 is 5.97 Å². The molecule has 94 valence electrons. The van der Waals surface area contributed by atoms with Crippen molar-refractivity contribution in [3.05, 3.63) is 51.0 Å². The summed E-state index contributed by atoms with van der Waals surface area (Å²) < 4.78 is 5.08. The number of halogens is 1. The molecule has 6 heteroatoms. The maximum absolute atomic E-state index is 11.6. The van der Waals surface area contributed by atoms with Crippen molar-refractivity contribution in [3.63, 3.8) is 0 Å². The summed E-state index contributed by atoms with van der Waals surface area (Å²) in [6.45, 7) is 0. The van der Waals surface area contributed by atoms with E-state index in [1.807, 2.05) is 18.2 Å². The van der Waals surface area contributed by atoms with Gasteiger partial charge in [0, 0.05) is 11.4 Å². The number of ether oxygens (including phenoxy) is 1. The molecule has 1 heterocycles. The van der Waals surface area contributed by atoms with Crippen LogP contribution in [0.1, 0.15) is 21.7 Å². The van der Waals surface area contributed by atoms with Crippen molar-refractivity contribution in [3.8, 4) is 0 Å². The molecule has 2 aromatic rings. The van der Waals surface area contributed by atoms with E-state index < -0.39 is 5.97 Å². The molecule has 2 rings (SSSR count). The fourth-order valence-corrected chi connectivity index (χ4v) is 2.09. The minimum absolute atomic E-state index is 0.336. The van der Waals surface area contributed by atoms with Crippen molar-refractivity contribution in [1.29, 1.82) is 0 Å². The van der Waals surface area contributed by atoms with Crippen molar-refractivity contribution < 1.29 is 9.53 Å². The van der Waals surface area contributed by atoms with E-state index in [1.54, 1.807) is 6.07 Å². The van der Waals surface area contributed by atoms with E-state index in [-0.39, 0.29) is 0 Å². The molecular weight excluding hydrogens is 272 g/mol. The normalized spacial score (nSPS) is 10.3. The first-order valence-electron chi connectivity index (χ1n) is 5.24. The van der Waals surface area contributed by atoms with Crippen molar-refractivity contribution in [2.75, 3.05) is 7.11 Å². The molecule has 0 saturated heterocycles. The van der Waals surface area contributed by atoms with Gasteiger partial charge in [-0.1, -0.05) is 29.8 Å². The fraction of sp³-hybridized carbons (Fsp3) is 0.167. The monoisotopic (exact) mass is 282 g/mol. The number of benzene rings is 1. The van der Waals surface area contributed by atoms with E-state index in [9.17, 15) is 4.79 Å². The van der Waals surface area contributed by atoms with E-state index in [0.717, 1.165) is 5.56 Å². The largest absolute Gasteiger partial charge is 0.464 e. The quantitative estimate of drug-likeness (QED) is 0.672. The molecule has 0 unspecified atom stereocenters. The second-order valence-electron chi connectivity index (χ2n) is 3.69. The van der Waals surface area contributed by atoms with Crippen LogP contribution in [0.15, 0.2) is 24.3 Å². The Balaban J connectivity index is 2.38. The Morgan fingerprint density at radius 3 is 2.78 bits per heavy atom. The smallest absolute Gasteiger partial charge is 0.356 e. The van der Waals surface area contributed by atoms with Crippen LogP contribution in [0, 0.1) is 4.77 Å². The number of nitrogens with one attached hydrogen (secondary N) is 2. The number of hydrogen-bond acceptors (Lipinski definition) is 3. The lowest BCUT2D eigenvalue weighted by Gasteiger charge is -2.04. The van der Waals surface area contributed by atoms with Crippen LogP contribution >= 0.6 is 23.8 Å². The van der Waals surface area contributed by atoms with Crippen LogP contribution in [0.4, 0.5) is 0 Å². The topological polar surface area (TPSA) is 57.9 Å². The van der Waals surface area contributed by atoms with Crippen LogP contribution < -0.4 is 0 Å². The van der Waals surface area contributed by atoms with Crippen LogP contribution in [-0.4, -0.2) is 23.0 Å². The van der Waals surface area contributed by atoms with Crippen LogP contribution in [-0.2, 0) is 11.2 Å². The van der Waals surface area contributed by atoms with E-state index in [0.29, 0.717) is 27.6 Å². The molecule has 0 radical (unpaired) electrons. The maximum atomic E-state index is 11.6. The zero-order valence-corrected chi connectivity index (χ0v) is 11.2. The van der Waals surface area contributed by atoms with Gasteiger partial charge in [0.1, 0.15) is 5.69 Å². The molecule has 0 atom stereocenters. The highest BCUT2D eigenvalue weighted by Gasteiger charge is 2.15. The van der Waals surface area contributed by atoms with Gasteiger partial charge in [0.2, 0.25) is 0 Å². The Labute approximate surface area is 114 Å². The Bertz CT molecular complexity index is 633. The lowest BCUT2D eigenvalue weighted by Crippen LogP contribution is -2.06. The zero-order chi connectivity index (χ0) is 13.1. The van der Waals surface area contributed by atoms with Crippen LogP contribution in [0.25, 0.3) is 0 Å². The molecule has 0 spiro atoms. The number of methoxy groups -OCH3 is 1. The molecule has 0 aliphatic heterocycles. The summed E-state index contributed by atoms with van der Waals surface area (Å²) in [7, 11) is 1.32. The number of rotatable bonds is 3. The fourth-order valence-electron chi connectivity index (χ4n) is 1.66. The summed E-state index contributed by atoms with van der Waals surface area (Å²) in [4.78, 5) is 17.3. The van der Waals surface area contributed by atoms with E-state index in [2.05, 4.69) is 14.7 Å². The third-order valence-electron chi connectivity index (χ3n) is 2.52. The number of carbonyl (C=O) groups excluding carboxylic acids is 1. The number of esters is 1. The molecule has 2 N–H and O–H groups in total. The summed E-state index contributed by atoms with van der Waals surface area (Å²) >= 11 is 11.1.